The highest BCUT2D eigenvalue weighted by Gasteiger charge is 2.10. The van der Waals surface area contributed by atoms with Crippen molar-refractivity contribution in [2.75, 3.05) is 12.4 Å². The summed E-state index contributed by atoms with van der Waals surface area (Å²) < 4.78 is 7.01. The third kappa shape index (κ3) is 4.06. The SMILES string of the molecule is COc1cn(Cc2ccccc2)c(NCc2cccc(Cl)c2C)nc1=O. The molecule has 0 spiro atoms. The summed E-state index contributed by atoms with van der Waals surface area (Å²) in [5, 5.41) is 3.96. The molecule has 0 atom stereocenters. The molecule has 26 heavy (non-hydrogen) atoms. The molecule has 1 heterocycles. The van der Waals surface area contributed by atoms with Crippen LogP contribution in [0.25, 0.3) is 0 Å². The number of nitrogens with one attached hydrogen (secondary N) is 1. The van der Waals surface area contributed by atoms with Crippen LogP contribution in [0.4, 0.5) is 5.95 Å². The van der Waals surface area contributed by atoms with Crippen molar-refractivity contribution in [3.05, 3.63) is 86.8 Å². The van der Waals surface area contributed by atoms with Crippen molar-refractivity contribution in [1.29, 1.82) is 0 Å². The van der Waals surface area contributed by atoms with Gasteiger partial charge in [0.15, 0.2) is 0 Å². The molecular formula is C20H20ClN3O2. The van der Waals surface area contributed by atoms with Crippen LogP contribution in [0, 0.1) is 6.92 Å². The first-order valence-corrected chi connectivity index (χ1v) is 8.63. The lowest BCUT2D eigenvalue weighted by Crippen LogP contribution is -2.20. The number of nitrogens with zero attached hydrogens (tertiary/aromatic N) is 2. The number of aromatic nitrogens is 2. The van der Waals surface area contributed by atoms with Crippen molar-refractivity contribution in [3.63, 3.8) is 0 Å². The van der Waals surface area contributed by atoms with Crippen molar-refractivity contribution in [1.82, 2.24) is 9.55 Å². The zero-order valence-electron chi connectivity index (χ0n) is 14.7. The summed E-state index contributed by atoms with van der Waals surface area (Å²) in [5.74, 6) is 0.699. The molecule has 0 bridgehead atoms. The third-order valence-electron chi connectivity index (χ3n) is 4.20. The van der Waals surface area contributed by atoms with Crippen LogP contribution in [0.3, 0.4) is 0 Å². The molecule has 1 N–H and O–H groups in total. The van der Waals surface area contributed by atoms with E-state index in [9.17, 15) is 4.79 Å². The Morgan fingerprint density at radius 2 is 1.92 bits per heavy atom. The quantitative estimate of drug-likeness (QED) is 0.716. The highest BCUT2D eigenvalue weighted by atomic mass is 35.5. The second kappa shape index (κ2) is 8.06. The molecular weight excluding hydrogens is 350 g/mol. The summed E-state index contributed by atoms with van der Waals surface area (Å²) in [6, 6.07) is 15.7. The first kappa shape index (κ1) is 18.0. The van der Waals surface area contributed by atoms with Crippen molar-refractivity contribution >= 4 is 17.5 Å². The highest BCUT2D eigenvalue weighted by molar-refractivity contribution is 6.31. The van der Waals surface area contributed by atoms with Gasteiger partial charge in [0.1, 0.15) is 0 Å². The van der Waals surface area contributed by atoms with E-state index in [1.165, 1.54) is 7.11 Å². The van der Waals surface area contributed by atoms with Gasteiger partial charge in [0, 0.05) is 11.6 Å². The minimum Gasteiger partial charge on any atom is -0.490 e. The molecule has 3 rings (SSSR count). The van der Waals surface area contributed by atoms with E-state index in [1.54, 1.807) is 6.20 Å². The van der Waals surface area contributed by atoms with Gasteiger partial charge in [-0.05, 0) is 29.7 Å². The van der Waals surface area contributed by atoms with Crippen LogP contribution >= 0.6 is 11.6 Å². The van der Waals surface area contributed by atoms with Gasteiger partial charge in [-0.3, -0.25) is 4.79 Å². The van der Waals surface area contributed by atoms with Crippen LogP contribution in [0.2, 0.25) is 5.02 Å². The molecule has 0 saturated heterocycles. The fraction of sp³-hybridized carbons (Fsp3) is 0.200. The van der Waals surface area contributed by atoms with Gasteiger partial charge < -0.3 is 14.6 Å². The molecule has 0 aliphatic heterocycles. The molecule has 3 aromatic rings. The van der Waals surface area contributed by atoms with Gasteiger partial charge >= 0.3 is 5.56 Å². The maximum Gasteiger partial charge on any atom is 0.316 e. The molecule has 0 radical (unpaired) electrons. The summed E-state index contributed by atoms with van der Waals surface area (Å²) >= 11 is 6.18. The van der Waals surface area contributed by atoms with Gasteiger partial charge in [-0.1, -0.05) is 54.1 Å². The van der Waals surface area contributed by atoms with Gasteiger partial charge in [-0.25, -0.2) is 0 Å². The summed E-state index contributed by atoms with van der Waals surface area (Å²) in [5.41, 5.74) is 2.75. The van der Waals surface area contributed by atoms with E-state index in [2.05, 4.69) is 10.3 Å². The van der Waals surface area contributed by atoms with Crippen molar-refractivity contribution in [2.24, 2.45) is 0 Å². The summed E-state index contributed by atoms with van der Waals surface area (Å²) in [6.45, 7) is 3.05. The van der Waals surface area contributed by atoms with Crippen molar-refractivity contribution in [3.8, 4) is 5.75 Å². The number of benzene rings is 2. The summed E-state index contributed by atoms with van der Waals surface area (Å²) in [7, 11) is 1.47. The summed E-state index contributed by atoms with van der Waals surface area (Å²) in [6.07, 6.45) is 1.68. The Balaban J connectivity index is 1.90. The van der Waals surface area contributed by atoms with Crippen LogP contribution < -0.4 is 15.6 Å². The Hall–Kier alpha value is -2.79. The van der Waals surface area contributed by atoms with Gasteiger partial charge in [0.25, 0.3) is 0 Å². The molecule has 0 unspecified atom stereocenters. The van der Waals surface area contributed by atoms with Crippen molar-refractivity contribution in [2.45, 2.75) is 20.0 Å². The molecule has 0 saturated carbocycles. The third-order valence-corrected chi connectivity index (χ3v) is 4.61. The first-order chi connectivity index (χ1) is 12.6. The van der Waals surface area contributed by atoms with E-state index >= 15 is 0 Å². The number of rotatable bonds is 6. The molecule has 0 aliphatic carbocycles. The van der Waals surface area contributed by atoms with E-state index in [0.717, 1.165) is 16.7 Å². The average molecular weight is 370 g/mol. The predicted molar refractivity (Wildman–Crippen MR) is 104 cm³/mol. The van der Waals surface area contributed by atoms with Crippen molar-refractivity contribution < 1.29 is 4.74 Å². The predicted octanol–water partition coefficient (Wildman–Crippen LogP) is 3.87. The zero-order valence-corrected chi connectivity index (χ0v) is 15.5. The van der Waals surface area contributed by atoms with Crippen LogP contribution in [0.1, 0.15) is 16.7 Å². The number of anilines is 1. The lowest BCUT2D eigenvalue weighted by atomic mass is 10.1. The van der Waals surface area contributed by atoms with E-state index in [1.807, 2.05) is 60.0 Å². The van der Waals surface area contributed by atoms with E-state index in [0.29, 0.717) is 24.1 Å². The standard InChI is InChI=1S/C20H20ClN3O2/c1-14-16(9-6-10-17(14)21)11-22-20-23-19(25)18(26-2)13-24(20)12-15-7-4-3-5-8-15/h3-10,13H,11-12H2,1-2H3,(H,22,23,25). The second-order valence-corrected chi connectivity index (χ2v) is 6.34. The molecule has 5 nitrogen and oxygen atoms in total. The molecule has 2 aromatic carbocycles. The molecule has 0 fully saturated rings. The highest BCUT2D eigenvalue weighted by Crippen LogP contribution is 2.20. The number of methoxy groups -OCH3 is 1. The molecule has 1 aromatic heterocycles. The monoisotopic (exact) mass is 369 g/mol. The van der Waals surface area contributed by atoms with Gasteiger partial charge in [0.2, 0.25) is 11.7 Å². The number of ether oxygens (including phenoxy) is 1. The van der Waals surface area contributed by atoms with Gasteiger partial charge in [-0.2, -0.15) is 4.98 Å². The largest absolute Gasteiger partial charge is 0.490 e. The van der Waals surface area contributed by atoms with E-state index in [4.69, 9.17) is 16.3 Å². The van der Waals surface area contributed by atoms with E-state index < -0.39 is 5.56 Å². The second-order valence-electron chi connectivity index (χ2n) is 5.93. The Morgan fingerprint density at radius 3 is 2.65 bits per heavy atom. The summed E-state index contributed by atoms with van der Waals surface area (Å²) in [4.78, 5) is 16.2. The molecule has 0 aliphatic rings. The Bertz CT molecular complexity index is 955. The van der Waals surface area contributed by atoms with Crippen LogP contribution in [-0.4, -0.2) is 16.7 Å². The Morgan fingerprint density at radius 1 is 1.15 bits per heavy atom. The number of halogens is 1. The normalized spacial score (nSPS) is 10.6. The van der Waals surface area contributed by atoms with Gasteiger partial charge in [0.05, 0.1) is 19.9 Å². The average Bonchev–Trinajstić information content (AvgIpc) is 2.65. The molecule has 0 amide bonds. The maximum atomic E-state index is 12.1. The van der Waals surface area contributed by atoms with Gasteiger partial charge in [-0.15, -0.1) is 0 Å². The van der Waals surface area contributed by atoms with E-state index in [-0.39, 0.29) is 5.75 Å². The Labute approximate surface area is 157 Å². The Kier molecular flexibility index (Phi) is 5.58. The maximum absolute atomic E-state index is 12.1. The lowest BCUT2D eigenvalue weighted by Gasteiger charge is -2.16. The fourth-order valence-electron chi connectivity index (χ4n) is 2.67. The smallest absolute Gasteiger partial charge is 0.316 e. The number of hydrogen-bond donors (Lipinski definition) is 1. The van der Waals surface area contributed by atoms with Crippen LogP contribution in [0.15, 0.2) is 59.5 Å². The fourth-order valence-corrected chi connectivity index (χ4v) is 2.87. The molecule has 134 valence electrons. The molecule has 6 heteroatoms. The van der Waals surface area contributed by atoms with Crippen LogP contribution in [0.5, 0.6) is 5.75 Å². The first-order valence-electron chi connectivity index (χ1n) is 8.25. The minimum absolute atomic E-state index is 0.213. The number of hydrogen-bond acceptors (Lipinski definition) is 4. The van der Waals surface area contributed by atoms with Crippen LogP contribution in [-0.2, 0) is 13.1 Å². The zero-order chi connectivity index (χ0) is 18.5. The lowest BCUT2D eigenvalue weighted by molar-refractivity contribution is 0.402. The minimum atomic E-state index is -0.401. The topological polar surface area (TPSA) is 56.1 Å².